The molecule has 1 aliphatic rings. The third-order valence-electron chi connectivity index (χ3n) is 3.42. The first-order valence-electron chi connectivity index (χ1n) is 6.33. The van der Waals surface area contributed by atoms with Crippen molar-refractivity contribution in [2.45, 2.75) is 32.2 Å². The van der Waals surface area contributed by atoms with Gasteiger partial charge in [-0.25, -0.2) is 4.98 Å². The van der Waals surface area contributed by atoms with Gasteiger partial charge < -0.3 is 10.3 Å². The van der Waals surface area contributed by atoms with Crippen molar-refractivity contribution in [2.24, 2.45) is 0 Å². The predicted octanol–water partition coefficient (Wildman–Crippen LogP) is 3.68. The van der Waals surface area contributed by atoms with Crippen molar-refractivity contribution in [2.75, 3.05) is 5.73 Å². The number of nitrogen functional groups attached to an aromatic ring is 1. The summed E-state index contributed by atoms with van der Waals surface area (Å²) in [5, 5.41) is 0.701. The van der Waals surface area contributed by atoms with E-state index in [0.29, 0.717) is 10.9 Å². The Morgan fingerprint density at radius 2 is 2.11 bits per heavy atom. The molecule has 0 spiro atoms. The highest BCUT2D eigenvalue weighted by atomic mass is 35.5. The molecular formula is C14H16ClN3. The van der Waals surface area contributed by atoms with Gasteiger partial charge in [0.1, 0.15) is 17.3 Å². The van der Waals surface area contributed by atoms with Gasteiger partial charge >= 0.3 is 0 Å². The Balaban J connectivity index is 2.15. The molecule has 1 heterocycles. The van der Waals surface area contributed by atoms with Crippen LogP contribution in [0.3, 0.4) is 0 Å². The van der Waals surface area contributed by atoms with Gasteiger partial charge in [0.2, 0.25) is 0 Å². The van der Waals surface area contributed by atoms with Crippen LogP contribution in [0, 0.1) is 0 Å². The molecule has 0 radical (unpaired) electrons. The first kappa shape index (κ1) is 11.6. The molecule has 0 bridgehead atoms. The molecule has 1 aliphatic carbocycles. The Bertz CT molecular complexity index is 585. The molecule has 0 aliphatic heterocycles. The molecule has 1 aromatic heterocycles. The molecule has 1 aromatic carbocycles. The van der Waals surface area contributed by atoms with Crippen molar-refractivity contribution in [1.82, 2.24) is 9.55 Å². The molecule has 18 heavy (non-hydrogen) atoms. The second-order valence-corrected chi connectivity index (χ2v) is 5.11. The number of rotatable bonds is 3. The molecule has 2 aromatic rings. The second-order valence-electron chi connectivity index (χ2n) is 4.70. The summed E-state index contributed by atoms with van der Waals surface area (Å²) >= 11 is 6.23. The topological polar surface area (TPSA) is 43.8 Å². The zero-order chi connectivity index (χ0) is 12.7. The van der Waals surface area contributed by atoms with E-state index in [0.717, 1.165) is 29.4 Å². The average molecular weight is 262 g/mol. The van der Waals surface area contributed by atoms with Crippen LogP contribution in [0.5, 0.6) is 0 Å². The van der Waals surface area contributed by atoms with Crippen LogP contribution >= 0.6 is 11.6 Å². The normalized spacial score (nSPS) is 15.0. The number of anilines is 1. The van der Waals surface area contributed by atoms with Crippen LogP contribution in [-0.4, -0.2) is 9.55 Å². The van der Waals surface area contributed by atoms with Gasteiger partial charge in [-0.2, -0.15) is 0 Å². The molecule has 0 unspecified atom stereocenters. The SMILES string of the molecule is CCn1c(C2CC2)nc(-c2ccccc2Cl)c1N. The van der Waals surface area contributed by atoms with Crippen molar-refractivity contribution in [3.05, 3.63) is 35.1 Å². The summed E-state index contributed by atoms with van der Waals surface area (Å²) in [6, 6.07) is 7.72. The zero-order valence-corrected chi connectivity index (χ0v) is 11.1. The van der Waals surface area contributed by atoms with Gasteiger partial charge in [0.05, 0.1) is 5.02 Å². The molecular weight excluding hydrogens is 246 g/mol. The van der Waals surface area contributed by atoms with E-state index in [1.807, 2.05) is 24.3 Å². The number of nitrogens with zero attached hydrogens (tertiary/aromatic N) is 2. The van der Waals surface area contributed by atoms with Crippen LogP contribution in [0.15, 0.2) is 24.3 Å². The van der Waals surface area contributed by atoms with Gasteiger partial charge in [0.15, 0.2) is 0 Å². The van der Waals surface area contributed by atoms with E-state index in [9.17, 15) is 0 Å². The number of benzene rings is 1. The molecule has 0 amide bonds. The fourth-order valence-electron chi connectivity index (χ4n) is 2.32. The lowest BCUT2D eigenvalue weighted by atomic mass is 10.1. The minimum absolute atomic E-state index is 0.587. The minimum Gasteiger partial charge on any atom is -0.383 e. The van der Waals surface area contributed by atoms with Crippen molar-refractivity contribution in [3.8, 4) is 11.3 Å². The average Bonchev–Trinajstić information content (AvgIpc) is 3.15. The molecule has 1 saturated carbocycles. The summed E-state index contributed by atoms with van der Waals surface area (Å²) in [5.74, 6) is 2.43. The van der Waals surface area contributed by atoms with Gasteiger partial charge in [-0.05, 0) is 25.8 Å². The van der Waals surface area contributed by atoms with Gasteiger partial charge in [-0.1, -0.05) is 29.8 Å². The Hall–Kier alpha value is -1.48. The molecule has 0 atom stereocenters. The quantitative estimate of drug-likeness (QED) is 0.916. The molecule has 1 fully saturated rings. The van der Waals surface area contributed by atoms with Gasteiger partial charge in [-0.3, -0.25) is 0 Å². The summed E-state index contributed by atoms with van der Waals surface area (Å²) in [4.78, 5) is 4.73. The van der Waals surface area contributed by atoms with Crippen molar-refractivity contribution in [1.29, 1.82) is 0 Å². The number of hydrogen-bond acceptors (Lipinski definition) is 2. The number of halogens is 1. The van der Waals surface area contributed by atoms with E-state index < -0.39 is 0 Å². The fraction of sp³-hybridized carbons (Fsp3) is 0.357. The van der Waals surface area contributed by atoms with E-state index in [2.05, 4.69) is 11.5 Å². The van der Waals surface area contributed by atoms with E-state index in [1.54, 1.807) is 0 Å². The van der Waals surface area contributed by atoms with E-state index >= 15 is 0 Å². The maximum absolute atomic E-state index is 6.23. The molecule has 0 saturated heterocycles. The number of hydrogen-bond donors (Lipinski definition) is 1. The first-order valence-corrected chi connectivity index (χ1v) is 6.71. The number of nitrogens with two attached hydrogens (primary N) is 1. The van der Waals surface area contributed by atoms with Crippen molar-refractivity contribution < 1.29 is 0 Å². The highest BCUT2D eigenvalue weighted by Gasteiger charge is 2.30. The zero-order valence-electron chi connectivity index (χ0n) is 10.4. The predicted molar refractivity (Wildman–Crippen MR) is 74.7 cm³/mol. The van der Waals surface area contributed by atoms with Gasteiger partial charge in [0, 0.05) is 18.0 Å². The van der Waals surface area contributed by atoms with E-state index in [-0.39, 0.29) is 0 Å². The monoisotopic (exact) mass is 261 g/mol. The minimum atomic E-state index is 0.587. The summed E-state index contributed by atoms with van der Waals surface area (Å²) in [6.45, 7) is 2.95. The highest BCUT2D eigenvalue weighted by Crippen LogP contribution is 2.42. The maximum atomic E-state index is 6.23. The summed E-state index contributed by atoms with van der Waals surface area (Å²) in [6.07, 6.45) is 2.44. The second kappa shape index (κ2) is 4.32. The molecule has 3 rings (SSSR count). The molecule has 94 valence electrons. The smallest absolute Gasteiger partial charge is 0.131 e. The Kier molecular flexibility index (Phi) is 2.78. The largest absolute Gasteiger partial charge is 0.383 e. The van der Waals surface area contributed by atoms with E-state index in [4.69, 9.17) is 22.3 Å². The lowest BCUT2D eigenvalue weighted by Crippen LogP contribution is -2.04. The maximum Gasteiger partial charge on any atom is 0.131 e. The van der Waals surface area contributed by atoms with Gasteiger partial charge in [0.25, 0.3) is 0 Å². The van der Waals surface area contributed by atoms with Crippen LogP contribution in [0.1, 0.15) is 31.5 Å². The van der Waals surface area contributed by atoms with Crippen LogP contribution < -0.4 is 5.73 Å². The fourth-order valence-corrected chi connectivity index (χ4v) is 2.55. The van der Waals surface area contributed by atoms with Crippen LogP contribution in [0.4, 0.5) is 5.82 Å². The van der Waals surface area contributed by atoms with Crippen LogP contribution in [0.2, 0.25) is 5.02 Å². The lowest BCUT2D eigenvalue weighted by Gasteiger charge is -2.05. The Morgan fingerprint density at radius 3 is 2.72 bits per heavy atom. The molecule has 4 heteroatoms. The van der Waals surface area contributed by atoms with Gasteiger partial charge in [-0.15, -0.1) is 0 Å². The lowest BCUT2D eigenvalue weighted by molar-refractivity contribution is 0.708. The Labute approximate surface area is 112 Å². The van der Waals surface area contributed by atoms with E-state index in [1.165, 1.54) is 12.8 Å². The summed E-state index contributed by atoms with van der Waals surface area (Å²) in [7, 11) is 0. The Morgan fingerprint density at radius 1 is 1.39 bits per heavy atom. The van der Waals surface area contributed by atoms with Crippen molar-refractivity contribution >= 4 is 17.4 Å². The first-order chi connectivity index (χ1) is 8.72. The molecule has 2 N–H and O–H groups in total. The standard InChI is InChI=1S/C14H16ClN3/c1-2-18-13(16)12(17-14(18)9-7-8-9)10-5-3-4-6-11(10)15/h3-6,9H,2,7-8,16H2,1H3. The number of imidazole rings is 1. The molecule has 3 nitrogen and oxygen atoms in total. The van der Waals surface area contributed by atoms with Crippen LogP contribution in [0.25, 0.3) is 11.3 Å². The third-order valence-corrected chi connectivity index (χ3v) is 3.75. The highest BCUT2D eigenvalue weighted by molar-refractivity contribution is 6.33. The number of aromatic nitrogens is 2. The van der Waals surface area contributed by atoms with Crippen molar-refractivity contribution in [3.63, 3.8) is 0 Å². The third kappa shape index (κ3) is 1.79. The van der Waals surface area contributed by atoms with Crippen LogP contribution in [-0.2, 0) is 6.54 Å². The summed E-state index contributed by atoms with van der Waals surface area (Å²) in [5.41, 5.74) is 7.97. The summed E-state index contributed by atoms with van der Waals surface area (Å²) < 4.78 is 2.11.